The Morgan fingerprint density at radius 2 is 1.84 bits per heavy atom. The first-order chi connectivity index (χ1) is 17.6. The topological polar surface area (TPSA) is 110 Å². The molecular formula is C29H41NO7. The second kappa shape index (κ2) is 9.83. The molecule has 4 aliphatic carbocycles. The first-order valence-corrected chi connectivity index (χ1v) is 14.1. The molecule has 0 aromatic rings. The lowest BCUT2D eigenvalue weighted by Gasteiger charge is -2.57. The second-order valence-corrected chi connectivity index (χ2v) is 12.5. The van der Waals surface area contributed by atoms with Crippen LogP contribution in [0.4, 0.5) is 0 Å². The summed E-state index contributed by atoms with van der Waals surface area (Å²) in [7, 11) is 1.26. The molecule has 37 heavy (non-hydrogen) atoms. The number of likely N-dealkylation sites (tertiary alicyclic amines) is 1. The third-order valence-corrected chi connectivity index (χ3v) is 10.8. The second-order valence-electron chi connectivity index (χ2n) is 12.5. The maximum atomic E-state index is 12.8. The van der Waals surface area contributed by atoms with Gasteiger partial charge in [-0.3, -0.25) is 14.4 Å². The van der Waals surface area contributed by atoms with Crippen LogP contribution in [0.15, 0.2) is 11.6 Å². The first-order valence-electron chi connectivity index (χ1n) is 14.1. The van der Waals surface area contributed by atoms with Gasteiger partial charge in [0.1, 0.15) is 12.1 Å². The van der Waals surface area contributed by atoms with Crippen molar-refractivity contribution in [2.24, 2.45) is 28.6 Å². The van der Waals surface area contributed by atoms with Gasteiger partial charge in [-0.05, 0) is 74.2 Å². The van der Waals surface area contributed by atoms with Gasteiger partial charge < -0.3 is 19.5 Å². The van der Waals surface area contributed by atoms with Crippen molar-refractivity contribution in [1.29, 1.82) is 0 Å². The number of nitrogens with zero attached hydrogens (tertiary/aromatic N) is 1. The summed E-state index contributed by atoms with van der Waals surface area (Å²) in [5.41, 5.74) is 1.43. The monoisotopic (exact) mass is 515 g/mol. The summed E-state index contributed by atoms with van der Waals surface area (Å²) in [5, 5.41) is 9.93. The Kier molecular flexibility index (Phi) is 7.01. The highest BCUT2D eigenvalue weighted by molar-refractivity contribution is 5.91. The normalized spacial score (nSPS) is 40.8. The number of ether oxygens (including phenoxy) is 2. The molecule has 204 valence electrons. The largest absolute Gasteiger partial charge is 0.467 e. The van der Waals surface area contributed by atoms with Crippen LogP contribution in [0.1, 0.15) is 84.5 Å². The Balaban J connectivity index is 1.19. The smallest absolute Gasteiger partial charge is 0.328 e. The van der Waals surface area contributed by atoms with E-state index in [-0.39, 0.29) is 60.4 Å². The van der Waals surface area contributed by atoms with Crippen LogP contribution in [0.3, 0.4) is 0 Å². The molecule has 1 heterocycles. The average molecular weight is 516 g/mol. The van der Waals surface area contributed by atoms with E-state index in [1.807, 2.05) is 6.08 Å². The van der Waals surface area contributed by atoms with Crippen molar-refractivity contribution in [3.8, 4) is 0 Å². The highest BCUT2D eigenvalue weighted by Gasteiger charge is 2.60. The summed E-state index contributed by atoms with van der Waals surface area (Å²) in [6, 6.07) is -0.803. The highest BCUT2D eigenvalue weighted by atomic mass is 16.5. The number of hydrogen-bond acceptors (Lipinski definition) is 7. The van der Waals surface area contributed by atoms with E-state index in [1.165, 1.54) is 17.6 Å². The zero-order valence-corrected chi connectivity index (χ0v) is 22.4. The number of allylic oxidation sites excluding steroid dienone is 1. The van der Waals surface area contributed by atoms with Crippen molar-refractivity contribution in [3.63, 3.8) is 0 Å². The number of ketones is 1. The molecule has 3 saturated carbocycles. The van der Waals surface area contributed by atoms with Gasteiger partial charge in [-0.25, -0.2) is 4.79 Å². The summed E-state index contributed by atoms with van der Waals surface area (Å²) in [6.07, 6.45) is 8.81. The van der Waals surface area contributed by atoms with Gasteiger partial charge in [0.15, 0.2) is 5.78 Å². The van der Waals surface area contributed by atoms with Crippen LogP contribution < -0.4 is 0 Å². The van der Waals surface area contributed by atoms with Gasteiger partial charge in [0.25, 0.3) is 0 Å². The molecule has 1 aliphatic heterocycles. The predicted octanol–water partition coefficient (Wildman–Crippen LogP) is 3.35. The summed E-state index contributed by atoms with van der Waals surface area (Å²) in [4.78, 5) is 51.0. The molecule has 1 amide bonds. The lowest BCUT2D eigenvalue weighted by atomic mass is 9.47. The maximum absolute atomic E-state index is 12.8. The molecule has 4 fully saturated rings. The van der Waals surface area contributed by atoms with Crippen LogP contribution in [0.25, 0.3) is 0 Å². The number of carbonyl (C=O) groups excluding carboxylic acids is 4. The number of β-amino-alcohol motifs (C(OH)–C–C–N with tert-alkyl or cyclic N) is 1. The fourth-order valence-electron chi connectivity index (χ4n) is 8.72. The third kappa shape index (κ3) is 4.53. The van der Waals surface area contributed by atoms with Gasteiger partial charge in [-0.2, -0.15) is 0 Å². The molecule has 0 radical (unpaired) electrons. The number of aliphatic hydroxyl groups is 1. The fourth-order valence-corrected chi connectivity index (χ4v) is 8.72. The van der Waals surface area contributed by atoms with Crippen molar-refractivity contribution in [3.05, 3.63) is 11.6 Å². The lowest BCUT2D eigenvalue weighted by molar-refractivity contribution is -0.161. The summed E-state index contributed by atoms with van der Waals surface area (Å²) in [5.74, 6) is 0.703. The Morgan fingerprint density at radius 3 is 2.59 bits per heavy atom. The molecule has 0 bridgehead atoms. The van der Waals surface area contributed by atoms with Crippen molar-refractivity contribution in [2.45, 2.75) is 103 Å². The molecule has 5 rings (SSSR count). The molecule has 1 saturated heterocycles. The SMILES string of the molecule is COC(=O)[C@H]1C[C@@H](O)CN1C(=O)CCC(=O)O[C@H]1CC[C@H]2[C@@H]3CCC4=CC(=O)CC[C@]4(C)[C@H]3CC[C@]12C. The van der Waals surface area contributed by atoms with E-state index in [0.717, 1.165) is 44.9 Å². The molecule has 5 aliphatic rings. The van der Waals surface area contributed by atoms with Gasteiger partial charge in [-0.1, -0.05) is 19.4 Å². The molecule has 0 aromatic heterocycles. The first kappa shape index (κ1) is 26.4. The van der Waals surface area contributed by atoms with Crippen LogP contribution in [0, 0.1) is 28.6 Å². The van der Waals surface area contributed by atoms with Crippen LogP contribution >= 0.6 is 0 Å². The molecular weight excluding hydrogens is 474 g/mol. The van der Waals surface area contributed by atoms with E-state index in [2.05, 4.69) is 13.8 Å². The van der Waals surface area contributed by atoms with Crippen LogP contribution in [0.5, 0.6) is 0 Å². The van der Waals surface area contributed by atoms with Crippen molar-refractivity contribution in [2.75, 3.05) is 13.7 Å². The van der Waals surface area contributed by atoms with Gasteiger partial charge in [0.2, 0.25) is 5.91 Å². The average Bonchev–Trinajstić information content (AvgIpc) is 3.42. The molecule has 0 unspecified atom stereocenters. The number of rotatable bonds is 5. The molecule has 0 spiro atoms. The lowest BCUT2D eigenvalue weighted by Crippen LogP contribution is -2.51. The van der Waals surface area contributed by atoms with E-state index in [4.69, 9.17) is 9.47 Å². The fraction of sp³-hybridized carbons (Fsp3) is 0.793. The minimum Gasteiger partial charge on any atom is -0.467 e. The predicted molar refractivity (Wildman–Crippen MR) is 134 cm³/mol. The van der Waals surface area contributed by atoms with Crippen molar-refractivity contribution < 1.29 is 33.8 Å². The number of methoxy groups -OCH3 is 1. The summed E-state index contributed by atoms with van der Waals surface area (Å²) < 4.78 is 10.8. The minimum absolute atomic E-state index is 0.0388. The Labute approximate surface area is 219 Å². The van der Waals surface area contributed by atoms with Gasteiger partial charge in [0.05, 0.1) is 19.6 Å². The van der Waals surface area contributed by atoms with Crippen molar-refractivity contribution >= 4 is 23.6 Å². The van der Waals surface area contributed by atoms with Gasteiger partial charge >= 0.3 is 11.9 Å². The summed E-state index contributed by atoms with van der Waals surface area (Å²) >= 11 is 0. The van der Waals surface area contributed by atoms with Gasteiger partial charge in [-0.15, -0.1) is 0 Å². The van der Waals surface area contributed by atoms with Crippen molar-refractivity contribution in [1.82, 2.24) is 4.90 Å². The quantitative estimate of drug-likeness (QED) is 0.559. The Bertz CT molecular complexity index is 1010. The van der Waals surface area contributed by atoms with E-state index in [1.54, 1.807) is 0 Å². The van der Waals surface area contributed by atoms with E-state index in [0.29, 0.717) is 24.2 Å². The number of amides is 1. The number of carbonyl (C=O) groups is 4. The molecule has 0 aromatic carbocycles. The summed E-state index contributed by atoms with van der Waals surface area (Å²) in [6.45, 7) is 4.73. The zero-order valence-electron chi connectivity index (χ0n) is 22.4. The van der Waals surface area contributed by atoms with Crippen LogP contribution in [-0.4, -0.2) is 65.5 Å². The zero-order chi connectivity index (χ0) is 26.5. The highest BCUT2D eigenvalue weighted by Crippen LogP contribution is 2.65. The Hall–Kier alpha value is -2.22. The van der Waals surface area contributed by atoms with E-state index >= 15 is 0 Å². The number of esters is 2. The molecule has 1 N–H and O–H groups in total. The number of aliphatic hydroxyl groups excluding tert-OH is 1. The standard InChI is InChI=1S/C29H41NO7/c1-28-12-10-18(31)14-17(28)4-5-20-21-6-7-24(29(21,2)13-11-22(20)28)37-26(34)9-8-25(33)30-16-19(32)15-23(30)27(35)36-3/h14,19-24,32H,4-13,15-16H2,1-3H3/t19-,20+,21+,22+,23-,24+,28+,29+/m1/s1. The molecule has 8 atom stereocenters. The van der Waals surface area contributed by atoms with E-state index < -0.39 is 18.1 Å². The van der Waals surface area contributed by atoms with Crippen LogP contribution in [-0.2, 0) is 28.7 Å². The maximum Gasteiger partial charge on any atom is 0.328 e. The molecule has 8 nitrogen and oxygen atoms in total. The third-order valence-electron chi connectivity index (χ3n) is 10.8. The molecule has 8 heteroatoms. The van der Waals surface area contributed by atoms with Crippen LogP contribution in [0.2, 0.25) is 0 Å². The number of hydrogen-bond donors (Lipinski definition) is 1. The van der Waals surface area contributed by atoms with E-state index in [9.17, 15) is 24.3 Å². The van der Waals surface area contributed by atoms with Gasteiger partial charge in [0, 0.05) is 31.2 Å². The number of fused-ring (bicyclic) bond motifs is 5. The minimum atomic E-state index is -0.803. The Morgan fingerprint density at radius 1 is 1.05 bits per heavy atom.